The first-order chi connectivity index (χ1) is 14.6. The lowest BCUT2D eigenvalue weighted by Gasteiger charge is -2.09. The molecule has 0 aliphatic carbocycles. The number of nitriles is 1. The zero-order chi connectivity index (χ0) is 22.8. The minimum absolute atomic E-state index is 0.0461. The summed E-state index contributed by atoms with van der Waals surface area (Å²) < 4.78 is 66.2. The van der Waals surface area contributed by atoms with Crippen LogP contribution in [0, 0.1) is 11.3 Å². The first kappa shape index (κ1) is 21.9. The van der Waals surface area contributed by atoms with Crippen LogP contribution in [0.25, 0.3) is 5.69 Å². The zero-order valence-electron chi connectivity index (χ0n) is 16.0. The highest BCUT2D eigenvalue weighted by atomic mass is 19.4. The summed E-state index contributed by atoms with van der Waals surface area (Å²) in [7, 11) is 1.42. The zero-order valence-corrected chi connectivity index (χ0v) is 16.0. The molecule has 0 bridgehead atoms. The first-order valence-electron chi connectivity index (χ1n) is 8.86. The molecule has 2 heterocycles. The van der Waals surface area contributed by atoms with E-state index in [-0.39, 0.29) is 29.8 Å². The summed E-state index contributed by atoms with van der Waals surface area (Å²) in [5.74, 6) is -0.727. The fourth-order valence-corrected chi connectivity index (χ4v) is 2.90. The van der Waals surface area contributed by atoms with E-state index in [1.807, 2.05) is 6.07 Å². The highest BCUT2D eigenvalue weighted by Gasteiger charge is 2.33. The molecule has 3 aromatic rings. The monoisotopic (exact) mass is 438 g/mol. The molecule has 31 heavy (non-hydrogen) atoms. The van der Waals surface area contributed by atoms with Crippen LogP contribution in [-0.2, 0) is 19.6 Å². The summed E-state index contributed by atoms with van der Waals surface area (Å²) in [5, 5.41) is 18.9. The molecule has 7 nitrogen and oxygen atoms in total. The average Bonchev–Trinajstić information content (AvgIpc) is 3.35. The molecule has 0 aliphatic heterocycles. The Bertz CT molecular complexity index is 1140. The van der Waals surface area contributed by atoms with Crippen molar-refractivity contribution in [2.24, 2.45) is 7.05 Å². The lowest BCUT2D eigenvalue weighted by Crippen LogP contribution is -2.26. The van der Waals surface area contributed by atoms with Gasteiger partial charge in [0, 0.05) is 26.0 Å². The molecule has 162 valence electrons. The molecular formula is C19H15F5N6O. The average molecular weight is 438 g/mol. The number of aryl methyl sites for hydroxylation is 1. The van der Waals surface area contributed by atoms with Crippen LogP contribution in [0.4, 0.5) is 22.0 Å². The van der Waals surface area contributed by atoms with Crippen molar-refractivity contribution in [1.29, 1.82) is 5.26 Å². The van der Waals surface area contributed by atoms with Gasteiger partial charge in [-0.2, -0.15) is 28.6 Å². The highest BCUT2D eigenvalue weighted by molar-refractivity contribution is 5.95. The highest BCUT2D eigenvalue weighted by Crippen LogP contribution is 2.28. The van der Waals surface area contributed by atoms with Crippen molar-refractivity contribution in [3.05, 3.63) is 64.7 Å². The van der Waals surface area contributed by atoms with Crippen molar-refractivity contribution in [2.45, 2.75) is 19.0 Å². The van der Waals surface area contributed by atoms with Gasteiger partial charge in [0.2, 0.25) is 0 Å². The van der Waals surface area contributed by atoms with Gasteiger partial charge in [-0.05, 0) is 30.2 Å². The van der Waals surface area contributed by atoms with E-state index in [9.17, 15) is 32.0 Å². The van der Waals surface area contributed by atoms with Gasteiger partial charge in [-0.25, -0.2) is 13.5 Å². The summed E-state index contributed by atoms with van der Waals surface area (Å²) in [5.41, 5.74) is -0.958. The van der Waals surface area contributed by atoms with Crippen molar-refractivity contribution in [2.75, 3.05) is 6.54 Å². The summed E-state index contributed by atoms with van der Waals surface area (Å²) in [6.45, 7) is 0.0461. The van der Waals surface area contributed by atoms with E-state index < -0.39 is 29.9 Å². The van der Waals surface area contributed by atoms with Gasteiger partial charge < -0.3 is 5.32 Å². The van der Waals surface area contributed by atoms with E-state index in [1.165, 1.54) is 31.4 Å². The third kappa shape index (κ3) is 4.88. The Morgan fingerprint density at radius 1 is 1.26 bits per heavy atom. The Morgan fingerprint density at radius 2 is 2.00 bits per heavy atom. The maximum atomic E-state index is 13.0. The van der Waals surface area contributed by atoms with Gasteiger partial charge in [-0.1, -0.05) is 6.07 Å². The molecule has 1 N–H and O–H groups in total. The molecule has 0 radical (unpaired) electrons. The van der Waals surface area contributed by atoms with Crippen LogP contribution in [0.15, 0.2) is 36.7 Å². The molecule has 3 rings (SSSR count). The second kappa shape index (κ2) is 8.55. The summed E-state index contributed by atoms with van der Waals surface area (Å²) in [6.07, 6.45) is -4.97. The number of aromatic nitrogens is 4. The molecule has 0 fully saturated rings. The second-order valence-electron chi connectivity index (χ2n) is 6.50. The number of benzene rings is 1. The molecule has 0 aliphatic rings. The maximum absolute atomic E-state index is 13.0. The third-order valence-corrected chi connectivity index (χ3v) is 4.35. The fraction of sp³-hybridized carbons (Fsp3) is 0.263. The fourth-order valence-electron chi connectivity index (χ4n) is 2.90. The number of alkyl halides is 5. The topological polar surface area (TPSA) is 88.5 Å². The van der Waals surface area contributed by atoms with Crippen LogP contribution in [0.5, 0.6) is 0 Å². The SMILES string of the molecule is Cn1cc(C(=O)NCCc2ccc(-n3ccc(C(F)(F)F)n3)cc2C#N)c(C(F)F)n1. The van der Waals surface area contributed by atoms with Crippen LogP contribution in [-0.4, -0.2) is 32.0 Å². The van der Waals surface area contributed by atoms with E-state index >= 15 is 0 Å². The summed E-state index contributed by atoms with van der Waals surface area (Å²) >= 11 is 0. The molecule has 1 aromatic carbocycles. The van der Waals surface area contributed by atoms with Gasteiger partial charge in [-0.3, -0.25) is 9.48 Å². The normalized spacial score (nSPS) is 11.5. The number of nitrogens with zero attached hydrogens (tertiary/aromatic N) is 5. The standard InChI is InChI=1S/C19H15F5N6O/c1-29-10-14(16(28-29)17(20)21)18(31)26-6-4-11-2-3-13(8-12(11)9-25)30-7-5-15(27-30)19(22,23)24/h2-3,5,7-8,10,17H,4,6H2,1H3,(H,26,31). The van der Waals surface area contributed by atoms with E-state index in [0.717, 1.165) is 21.6 Å². The number of amides is 1. The van der Waals surface area contributed by atoms with Crippen LogP contribution in [0.1, 0.15) is 39.3 Å². The van der Waals surface area contributed by atoms with Crippen molar-refractivity contribution in [1.82, 2.24) is 24.9 Å². The molecule has 1 amide bonds. The number of carbonyl (C=O) groups excluding carboxylic acids is 1. The molecule has 0 saturated carbocycles. The Morgan fingerprint density at radius 3 is 2.61 bits per heavy atom. The van der Waals surface area contributed by atoms with Crippen LogP contribution >= 0.6 is 0 Å². The minimum Gasteiger partial charge on any atom is -0.352 e. The predicted octanol–water partition coefficient (Wildman–Crippen LogP) is 3.41. The number of hydrogen-bond acceptors (Lipinski definition) is 4. The minimum atomic E-state index is -4.58. The van der Waals surface area contributed by atoms with Gasteiger partial charge in [0.15, 0.2) is 5.69 Å². The Labute approximate surface area is 172 Å². The Balaban J connectivity index is 1.70. The number of rotatable bonds is 6. The van der Waals surface area contributed by atoms with Crippen LogP contribution in [0.2, 0.25) is 0 Å². The molecule has 0 spiro atoms. The summed E-state index contributed by atoms with van der Waals surface area (Å²) in [4.78, 5) is 12.2. The van der Waals surface area contributed by atoms with Crippen molar-refractivity contribution >= 4 is 5.91 Å². The quantitative estimate of drug-likeness (QED) is 0.598. The predicted molar refractivity (Wildman–Crippen MR) is 97.5 cm³/mol. The molecule has 12 heteroatoms. The number of hydrogen-bond donors (Lipinski definition) is 1. The van der Waals surface area contributed by atoms with Crippen molar-refractivity contribution in [3.63, 3.8) is 0 Å². The molecule has 0 saturated heterocycles. The molecule has 0 unspecified atom stereocenters. The van der Waals surface area contributed by atoms with Crippen LogP contribution in [0.3, 0.4) is 0 Å². The Kier molecular flexibility index (Phi) is 6.05. The lowest BCUT2D eigenvalue weighted by atomic mass is 10.0. The number of carbonyl (C=O) groups is 1. The summed E-state index contributed by atoms with van der Waals surface area (Å²) in [6, 6.07) is 7.17. The smallest absolute Gasteiger partial charge is 0.352 e. The van der Waals surface area contributed by atoms with Gasteiger partial charge in [-0.15, -0.1) is 0 Å². The molecule has 2 aromatic heterocycles. The maximum Gasteiger partial charge on any atom is 0.435 e. The largest absolute Gasteiger partial charge is 0.435 e. The molecule has 0 atom stereocenters. The van der Waals surface area contributed by atoms with Crippen molar-refractivity contribution < 1.29 is 26.7 Å². The van der Waals surface area contributed by atoms with Gasteiger partial charge in [0.1, 0.15) is 5.69 Å². The van der Waals surface area contributed by atoms with Crippen molar-refractivity contribution in [3.8, 4) is 11.8 Å². The third-order valence-electron chi connectivity index (χ3n) is 4.35. The van der Waals surface area contributed by atoms with E-state index in [2.05, 4.69) is 15.5 Å². The second-order valence-corrected chi connectivity index (χ2v) is 6.50. The van der Waals surface area contributed by atoms with E-state index in [0.29, 0.717) is 5.56 Å². The van der Waals surface area contributed by atoms with E-state index in [4.69, 9.17) is 0 Å². The van der Waals surface area contributed by atoms with Gasteiger partial charge in [0.05, 0.1) is 22.9 Å². The first-order valence-corrected chi connectivity index (χ1v) is 8.86. The Hall–Kier alpha value is -3.75. The number of halogens is 5. The van der Waals surface area contributed by atoms with E-state index in [1.54, 1.807) is 0 Å². The van der Waals surface area contributed by atoms with Gasteiger partial charge in [0.25, 0.3) is 12.3 Å². The molecular weight excluding hydrogens is 423 g/mol. The lowest BCUT2D eigenvalue weighted by molar-refractivity contribution is -0.141. The number of nitrogens with one attached hydrogen (secondary N) is 1. The van der Waals surface area contributed by atoms with Crippen LogP contribution < -0.4 is 5.32 Å². The van der Waals surface area contributed by atoms with Gasteiger partial charge >= 0.3 is 6.18 Å².